The van der Waals surface area contributed by atoms with Crippen molar-refractivity contribution in [2.45, 2.75) is 20.3 Å². The van der Waals surface area contributed by atoms with Crippen LogP contribution >= 0.6 is 11.6 Å². The fourth-order valence-electron chi connectivity index (χ4n) is 2.12. The third-order valence-corrected chi connectivity index (χ3v) is 3.42. The number of carboxylic acid groups (broad SMARTS) is 1. The Balaban J connectivity index is 2.64. The molecule has 1 aromatic carbocycles. The van der Waals surface area contributed by atoms with Crippen molar-refractivity contribution in [1.29, 1.82) is 5.26 Å². The number of halogens is 1. The standard InChI is InChI=1S/C14H12ClN3O2/c1-8-10(6-14(19)20)9(2)18(17-8)13-5-3-4-12(15)11(13)7-16/h3-5H,6H2,1-2H3,(H,19,20). The second kappa shape index (κ2) is 5.35. The second-order valence-corrected chi connectivity index (χ2v) is 4.78. The molecule has 0 unspecified atom stereocenters. The fourth-order valence-corrected chi connectivity index (χ4v) is 2.33. The van der Waals surface area contributed by atoms with Gasteiger partial charge in [-0.15, -0.1) is 0 Å². The van der Waals surface area contributed by atoms with Crippen LogP contribution in [-0.4, -0.2) is 20.9 Å². The Bertz CT molecular complexity index is 729. The Morgan fingerprint density at radius 3 is 2.80 bits per heavy atom. The molecule has 2 rings (SSSR count). The monoisotopic (exact) mass is 289 g/mol. The zero-order chi connectivity index (χ0) is 14.9. The molecule has 0 bridgehead atoms. The summed E-state index contributed by atoms with van der Waals surface area (Å²) in [5.74, 6) is -0.914. The summed E-state index contributed by atoms with van der Waals surface area (Å²) < 4.78 is 1.57. The summed E-state index contributed by atoms with van der Waals surface area (Å²) in [6.07, 6.45) is -0.0971. The highest BCUT2D eigenvalue weighted by Gasteiger charge is 2.18. The maximum atomic E-state index is 10.9. The van der Waals surface area contributed by atoms with Crippen LogP contribution in [0.25, 0.3) is 5.69 Å². The molecular weight excluding hydrogens is 278 g/mol. The molecular formula is C14H12ClN3O2. The minimum atomic E-state index is -0.914. The number of carboxylic acids is 1. The number of hydrogen-bond donors (Lipinski definition) is 1. The number of carbonyl (C=O) groups is 1. The van der Waals surface area contributed by atoms with Crippen molar-refractivity contribution in [2.24, 2.45) is 0 Å². The third kappa shape index (κ3) is 2.38. The quantitative estimate of drug-likeness (QED) is 0.942. The number of nitriles is 1. The van der Waals surface area contributed by atoms with Crippen LogP contribution < -0.4 is 0 Å². The molecule has 0 aliphatic carbocycles. The molecule has 0 fully saturated rings. The average Bonchev–Trinajstić information content (AvgIpc) is 2.66. The molecule has 0 saturated heterocycles. The van der Waals surface area contributed by atoms with Crippen LogP contribution in [0, 0.1) is 25.2 Å². The zero-order valence-corrected chi connectivity index (χ0v) is 11.8. The lowest BCUT2D eigenvalue weighted by Crippen LogP contribution is -2.05. The fraction of sp³-hybridized carbons (Fsp3) is 0.214. The predicted molar refractivity (Wildman–Crippen MR) is 74.1 cm³/mol. The molecule has 0 amide bonds. The summed E-state index contributed by atoms with van der Waals surface area (Å²) in [5, 5.41) is 22.8. The zero-order valence-electron chi connectivity index (χ0n) is 11.0. The smallest absolute Gasteiger partial charge is 0.307 e. The van der Waals surface area contributed by atoms with E-state index < -0.39 is 5.97 Å². The lowest BCUT2D eigenvalue weighted by atomic mass is 10.1. The Kier molecular flexibility index (Phi) is 3.77. The number of aryl methyl sites for hydroxylation is 1. The van der Waals surface area contributed by atoms with E-state index in [2.05, 4.69) is 5.10 Å². The molecule has 0 aliphatic rings. The van der Waals surface area contributed by atoms with Gasteiger partial charge in [-0.3, -0.25) is 4.79 Å². The van der Waals surface area contributed by atoms with Crippen LogP contribution in [0.2, 0.25) is 5.02 Å². The molecule has 1 heterocycles. The van der Waals surface area contributed by atoms with Crippen molar-refractivity contribution in [3.05, 3.63) is 45.7 Å². The SMILES string of the molecule is Cc1nn(-c2cccc(Cl)c2C#N)c(C)c1CC(=O)O. The van der Waals surface area contributed by atoms with Crippen molar-refractivity contribution in [3.8, 4) is 11.8 Å². The van der Waals surface area contributed by atoms with Crippen molar-refractivity contribution in [3.63, 3.8) is 0 Å². The number of benzene rings is 1. The minimum absolute atomic E-state index is 0.0971. The van der Waals surface area contributed by atoms with Gasteiger partial charge in [0, 0.05) is 11.3 Å². The third-order valence-electron chi connectivity index (χ3n) is 3.10. The van der Waals surface area contributed by atoms with E-state index in [0.717, 1.165) is 0 Å². The van der Waals surface area contributed by atoms with Crippen LogP contribution in [-0.2, 0) is 11.2 Å². The van der Waals surface area contributed by atoms with Gasteiger partial charge in [-0.1, -0.05) is 17.7 Å². The van der Waals surface area contributed by atoms with E-state index in [1.165, 1.54) is 0 Å². The molecule has 1 N–H and O–H groups in total. The van der Waals surface area contributed by atoms with E-state index in [4.69, 9.17) is 16.7 Å². The Morgan fingerprint density at radius 2 is 2.20 bits per heavy atom. The summed E-state index contributed by atoms with van der Waals surface area (Å²) in [7, 11) is 0. The molecule has 2 aromatic rings. The van der Waals surface area contributed by atoms with E-state index in [9.17, 15) is 10.1 Å². The van der Waals surface area contributed by atoms with Crippen LogP contribution in [0.4, 0.5) is 0 Å². The summed E-state index contributed by atoms with van der Waals surface area (Å²) in [5.41, 5.74) is 2.86. The number of hydrogen-bond acceptors (Lipinski definition) is 3. The van der Waals surface area contributed by atoms with Gasteiger partial charge in [-0.05, 0) is 26.0 Å². The maximum Gasteiger partial charge on any atom is 0.307 e. The highest BCUT2D eigenvalue weighted by molar-refractivity contribution is 6.32. The Morgan fingerprint density at radius 1 is 1.50 bits per heavy atom. The number of rotatable bonds is 3. The molecule has 0 radical (unpaired) electrons. The maximum absolute atomic E-state index is 10.9. The van der Waals surface area contributed by atoms with Crippen molar-refractivity contribution in [1.82, 2.24) is 9.78 Å². The molecule has 0 atom stereocenters. The van der Waals surface area contributed by atoms with Gasteiger partial charge in [0.05, 0.1) is 28.4 Å². The predicted octanol–water partition coefficient (Wildman–Crippen LogP) is 2.64. The molecule has 5 nitrogen and oxygen atoms in total. The van der Waals surface area contributed by atoms with Crippen LogP contribution in [0.1, 0.15) is 22.5 Å². The summed E-state index contributed by atoms with van der Waals surface area (Å²) >= 11 is 6.00. The topological polar surface area (TPSA) is 78.9 Å². The molecule has 0 saturated carbocycles. The highest BCUT2D eigenvalue weighted by Crippen LogP contribution is 2.25. The van der Waals surface area contributed by atoms with Gasteiger partial charge in [0.2, 0.25) is 0 Å². The van der Waals surface area contributed by atoms with Gasteiger partial charge >= 0.3 is 5.97 Å². The van der Waals surface area contributed by atoms with Crippen LogP contribution in [0.15, 0.2) is 18.2 Å². The summed E-state index contributed by atoms with van der Waals surface area (Å²) in [6, 6.07) is 7.14. The van der Waals surface area contributed by atoms with Gasteiger partial charge in [0.15, 0.2) is 0 Å². The first-order chi connectivity index (χ1) is 9.45. The molecule has 0 aliphatic heterocycles. The van der Waals surface area contributed by atoms with E-state index in [1.54, 1.807) is 36.7 Å². The van der Waals surface area contributed by atoms with E-state index >= 15 is 0 Å². The van der Waals surface area contributed by atoms with Gasteiger partial charge in [0.25, 0.3) is 0 Å². The second-order valence-electron chi connectivity index (χ2n) is 4.38. The number of aliphatic carboxylic acids is 1. The Hall–Kier alpha value is -2.32. The Labute approximate surface area is 121 Å². The molecule has 1 aromatic heterocycles. The molecule has 6 heteroatoms. The first kappa shape index (κ1) is 14.1. The normalized spacial score (nSPS) is 10.3. The number of nitrogens with zero attached hydrogens (tertiary/aromatic N) is 3. The summed E-state index contributed by atoms with van der Waals surface area (Å²) in [6.45, 7) is 3.53. The molecule has 102 valence electrons. The van der Waals surface area contributed by atoms with Crippen molar-refractivity contribution < 1.29 is 9.90 Å². The van der Waals surface area contributed by atoms with Crippen molar-refractivity contribution >= 4 is 17.6 Å². The van der Waals surface area contributed by atoms with Crippen LogP contribution in [0.5, 0.6) is 0 Å². The van der Waals surface area contributed by atoms with Gasteiger partial charge < -0.3 is 5.11 Å². The first-order valence-electron chi connectivity index (χ1n) is 5.91. The van der Waals surface area contributed by atoms with Gasteiger partial charge in [-0.25, -0.2) is 4.68 Å². The van der Waals surface area contributed by atoms with Gasteiger partial charge in [-0.2, -0.15) is 10.4 Å². The molecule has 20 heavy (non-hydrogen) atoms. The van der Waals surface area contributed by atoms with Crippen molar-refractivity contribution in [2.75, 3.05) is 0 Å². The van der Waals surface area contributed by atoms with Gasteiger partial charge in [0.1, 0.15) is 6.07 Å². The highest BCUT2D eigenvalue weighted by atomic mass is 35.5. The minimum Gasteiger partial charge on any atom is -0.481 e. The molecule has 0 spiro atoms. The number of aromatic nitrogens is 2. The average molecular weight is 290 g/mol. The van der Waals surface area contributed by atoms with E-state index in [-0.39, 0.29) is 6.42 Å². The van der Waals surface area contributed by atoms with E-state index in [1.807, 2.05) is 6.07 Å². The lowest BCUT2D eigenvalue weighted by molar-refractivity contribution is -0.136. The van der Waals surface area contributed by atoms with E-state index in [0.29, 0.717) is 33.2 Å². The summed E-state index contributed by atoms with van der Waals surface area (Å²) in [4.78, 5) is 10.9. The van der Waals surface area contributed by atoms with Crippen LogP contribution in [0.3, 0.4) is 0 Å². The lowest BCUT2D eigenvalue weighted by Gasteiger charge is -2.08. The first-order valence-corrected chi connectivity index (χ1v) is 6.29. The largest absolute Gasteiger partial charge is 0.481 e.